The summed E-state index contributed by atoms with van der Waals surface area (Å²) in [5, 5.41) is 3.79. The van der Waals surface area contributed by atoms with E-state index in [0.717, 1.165) is 11.8 Å². The second-order valence-corrected chi connectivity index (χ2v) is 7.63. The summed E-state index contributed by atoms with van der Waals surface area (Å²) in [6.07, 6.45) is 2.58. The summed E-state index contributed by atoms with van der Waals surface area (Å²) in [6, 6.07) is 9.61. The first kappa shape index (κ1) is 16.3. The fraction of sp³-hybridized carbons (Fsp3) is 0.176. The molecule has 0 spiro atoms. The number of rotatable bonds is 4. The maximum Gasteiger partial charge on any atom is 0.175 e. The molecule has 0 saturated carbocycles. The normalized spacial score (nSPS) is 11.6. The molecule has 2 aromatic carbocycles. The molecule has 0 bridgehead atoms. The van der Waals surface area contributed by atoms with Crippen LogP contribution in [0.15, 0.2) is 47.6 Å². The molecule has 3 aromatic rings. The zero-order valence-electron chi connectivity index (χ0n) is 13.2. The zero-order valence-corrected chi connectivity index (χ0v) is 14.1. The van der Waals surface area contributed by atoms with Crippen LogP contribution in [0.4, 0.5) is 10.2 Å². The molecule has 1 aromatic heterocycles. The van der Waals surface area contributed by atoms with Crippen LogP contribution in [0.3, 0.4) is 0 Å². The average molecular weight is 345 g/mol. The largest absolute Gasteiger partial charge is 0.365 e. The minimum atomic E-state index is -3.31. The third kappa shape index (κ3) is 3.35. The summed E-state index contributed by atoms with van der Waals surface area (Å²) in [4.78, 5) is 8.56. The standard InChI is InChI=1S/C17H16FN3O2S/c1-11-7-12(3-5-15(11)18)9-19-17-14-8-13(24(2,22)23)4-6-16(14)20-10-21-17/h3-8,10H,9H2,1-2H3,(H,19,20,21). The van der Waals surface area contributed by atoms with E-state index in [1.54, 1.807) is 31.2 Å². The smallest absolute Gasteiger partial charge is 0.175 e. The monoisotopic (exact) mass is 345 g/mol. The van der Waals surface area contributed by atoms with Crippen molar-refractivity contribution in [2.45, 2.75) is 18.4 Å². The number of nitrogens with one attached hydrogen (secondary N) is 1. The van der Waals surface area contributed by atoms with Crippen LogP contribution in [0.1, 0.15) is 11.1 Å². The predicted molar refractivity (Wildman–Crippen MR) is 91.1 cm³/mol. The average Bonchev–Trinajstić information content (AvgIpc) is 2.54. The second-order valence-electron chi connectivity index (χ2n) is 5.61. The van der Waals surface area contributed by atoms with Gasteiger partial charge in [0.25, 0.3) is 0 Å². The van der Waals surface area contributed by atoms with E-state index < -0.39 is 9.84 Å². The number of anilines is 1. The van der Waals surface area contributed by atoms with Gasteiger partial charge < -0.3 is 5.32 Å². The highest BCUT2D eigenvalue weighted by atomic mass is 32.2. The van der Waals surface area contributed by atoms with Gasteiger partial charge in [-0.2, -0.15) is 0 Å². The summed E-state index contributed by atoms with van der Waals surface area (Å²) in [5.74, 6) is 0.288. The molecular formula is C17H16FN3O2S. The van der Waals surface area contributed by atoms with E-state index in [2.05, 4.69) is 15.3 Å². The van der Waals surface area contributed by atoms with Gasteiger partial charge in [0.1, 0.15) is 18.0 Å². The number of hydrogen-bond donors (Lipinski definition) is 1. The number of fused-ring (bicyclic) bond motifs is 1. The lowest BCUT2D eigenvalue weighted by atomic mass is 10.1. The molecule has 1 heterocycles. The van der Waals surface area contributed by atoms with Crippen molar-refractivity contribution in [2.24, 2.45) is 0 Å². The van der Waals surface area contributed by atoms with Gasteiger partial charge in [0.05, 0.1) is 10.4 Å². The van der Waals surface area contributed by atoms with Crippen molar-refractivity contribution < 1.29 is 12.8 Å². The van der Waals surface area contributed by atoms with Gasteiger partial charge in [-0.15, -0.1) is 0 Å². The van der Waals surface area contributed by atoms with E-state index in [1.165, 1.54) is 18.5 Å². The third-order valence-electron chi connectivity index (χ3n) is 3.72. The lowest BCUT2D eigenvalue weighted by Crippen LogP contribution is -2.04. The van der Waals surface area contributed by atoms with Crippen LogP contribution >= 0.6 is 0 Å². The van der Waals surface area contributed by atoms with Crippen LogP contribution in [0.25, 0.3) is 10.9 Å². The summed E-state index contributed by atoms with van der Waals surface area (Å²) >= 11 is 0. The Hall–Kier alpha value is -2.54. The molecule has 3 rings (SSSR count). The molecule has 0 saturated heterocycles. The van der Waals surface area contributed by atoms with Gasteiger partial charge in [-0.25, -0.2) is 22.8 Å². The Balaban J connectivity index is 1.95. The highest BCUT2D eigenvalue weighted by Crippen LogP contribution is 2.23. The Labute approximate surface area is 139 Å². The summed E-state index contributed by atoms with van der Waals surface area (Å²) in [7, 11) is -3.31. The van der Waals surface area contributed by atoms with Crippen LogP contribution in [0.5, 0.6) is 0 Å². The van der Waals surface area contributed by atoms with Crippen molar-refractivity contribution in [3.8, 4) is 0 Å². The molecule has 0 unspecified atom stereocenters. The molecule has 5 nitrogen and oxygen atoms in total. The molecule has 0 aliphatic rings. The van der Waals surface area contributed by atoms with Gasteiger partial charge in [0.2, 0.25) is 0 Å². The molecule has 7 heteroatoms. The van der Waals surface area contributed by atoms with E-state index in [9.17, 15) is 12.8 Å². The molecular weight excluding hydrogens is 329 g/mol. The fourth-order valence-electron chi connectivity index (χ4n) is 2.41. The van der Waals surface area contributed by atoms with Gasteiger partial charge in [-0.1, -0.05) is 12.1 Å². The number of halogens is 1. The first-order chi connectivity index (χ1) is 11.3. The van der Waals surface area contributed by atoms with Gasteiger partial charge in [0, 0.05) is 18.2 Å². The highest BCUT2D eigenvalue weighted by Gasteiger charge is 2.11. The van der Waals surface area contributed by atoms with Crippen molar-refractivity contribution in [1.29, 1.82) is 0 Å². The Kier molecular flexibility index (Phi) is 4.19. The number of hydrogen-bond acceptors (Lipinski definition) is 5. The van der Waals surface area contributed by atoms with Crippen LogP contribution < -0.4 is 5.32 Å². The van der Waals surface area contributed by atoms with E-state index in [1.807, 2.05) is 0 Å². The van der Waals surface area contributed by atoms with Gasteiger partial charge in [-0.05, 0) is 42.3 Å². The zero-order chi connectivity index (χ0) is 17.3. The molecule has 0 aliphatic carbocycles. The Morgan fingerprint density at radius 3 is 2.62 bits per heavy atom. The molecule has 0 aliphatic heterocycles. The van der Waals surface area contributed by atoms with Crippen molar-refractivity contribution in [3.05, 3.63) is 59.7 Å². The molecule has 124 valence electrons. The van der Waals surface area contributed by atoms with Gasteiger partial charge in [-0.3, -0.25) is 0 Å². The Morgan fingerprint density at radius 1 is 1.12 bits per heavy atom. The maximum absolute atomic E-state index is 13.3. The Morgan fingerprint density at radius 2 is 1.92 bits per heavy atom. The van der Waals surface area contributed by atoms with Crippen LogP contribution in [0.2, 0.25) is 0 Å². The van der Waals surface area contributed by atoms with Crippen molar-refractivity contribution in [2.75, 3.05) is 11.6 Å². The number of aryl methyl sites for hydroxylation is 1. The van der Waals surface area contributed by atoms with E-state index in [0.29, 0.717) is 28.8 Å². The van der Waals surface area contributed by atoms with Crippen molar-refractivity contribution in [3.63, 3.8) is 0 Å². The van der Waals surface area contributed by atoms with E-state index >= 15 is 0 Å². The number of aromatic nitrogens is 2. The van der Waals surface area contributed by atoms with Gasteiger partial charge in [0.15, 0.2) is 9.84 Å². The number of benzene rings is 2. The lowest BCUT2D eigenvalue weighted by molar-refractivity contribution is 0.602. The van der Waals surface area contributed by atoms with Crippen LogP contribution in [-0.4, -0.2) is 24.6 Å². The highest BCUT2D eigenvalue weighted by molar-refractivity contribution is 7.90. The SMILES string of the molecule is Cc1cc(CNc2ncnc3ccc(S(C)(=O)=O)cc23)ccc1F. The first-order valence-electron chi connectivity index (χ1n) is 7.28. The number of nitrogens with zero attached hydrogens (tertiary/aromatic N) is 2. The maximum atomic E-state index is 13.3. The van der Waals surface area contributed by atoms with Crippen molar-refractivity contribution >= 4 is 26.6 Å². The topological polar surface area (TPSA) is 72.0 Å². The van der Waals surface area contributed by atoms with Crippen LogP contribution in [0, 0.1) is 12.7 Å². The first-order valence-corrected chi connectivity index (χ1v) is 9.17. The number of sulfone groups is 1. The minimum Gasteiger partial charge on any atom is -0.365 e. The molecule has 0 radical (unpaired) electrons. The second kappa shape index (κ2) is 6.16. The molecule has 24 heavy (non-hydrogen) atoms. The molecule has 1 N–H and O–H groups in total. The summed E-state index contributed by atoms with van der Waals surface area (Å²) < 4.78 is 36.8. The fourth-order valence-corrected chi connectivity index (χ4v) is 3.06. The predicted octanol–water partition coefficient (Wildman–Crippen LogP) is 3.09. The Bertz CT molecular complexity index is 1020. The summed E-state index contributed by atoms with van der Waals surface area (Å²) in [5.41, 5.74) is 2.12. The van der Waals surface area contributed by atoms with Crippen molar-refractivity contribution in [1.82, 2.24) is 9.97 Å². The minimum absolute atomic E-state index is 0.213. The molecule has 0 atom stereocenters. The lowest BCUT2D eigenvalue weighted by Gasteiger charge is -2.10. The van der Waals surface area contributed by atoms with Gasteiger partial charge >= 0.3 is 0 Å². The third-order valence-corrected chi connectivity index (χ3v) is 4.83. The van der Waals surface area contributed by atoms with Crippen LogP contribution in [-0.2, 0) is 16.4 Å². The summed E-state index contributed by atoms with van der Waals surface area (Å²) in [6.45, 7) is 2.15. The molecule has 0 fully saturated rings. The van der Waals surface area contributed by atoms with E-state index in [-0.39, 0.29) is 10.7 Å². The van der Waals surface area contributed by atoms with E-state index in [4.69, 9.17) is 0 Å². The molecule has 0 amide bonds. The quantitative estimate of drug-likeness (QED) is 0.787.